The van der Waals surface area contributed by atoms with E-state index in [-0.39, 0.29) is 35.1 Å². The number of likely N-dealkylation sites (tertiary alicyclic amines) is 1. The number of rotatable bonds is 9. The lowest BCUT2D eigenvalue weighted by Gasteiger charge is -2.37. The number of hydrogen-bond acceptors (Lipinski definition) is 7. The number of ether oxygens (including phenoxy) is 1. The minimum absolute atomic E-state index is 0.163. The lowest BCUT2D eigenvalue weighted by molar-refractivity contribution is -0.134. The van der Waals surface area contributed by atoms with Gasteiger partial charge in [-0.25, -0.2) is 0 Å². The zero-order chi connectivity index (χ0) is 28.8. The molecule has 10 nitrogen and oxygen atoms in total. The van der Waals surface area contributed by atoms with Gasteiger partial charge < -0.3 is 29.2 Å². The number of nitrogens with zero attached hydrogens (tertiary/aromatic N) is 3. The number of carbonyl (C=O) groups excluding carboxylic acids is 3. The van der Waals surface area contributed by atoms with Gasteiger partial charge in [0.05, 0.1) is 11.9 Å². The predicted octanol–water partition coefficient (Wildman–Crippen LogP) is 2.95. The molecule has 0 spiro atoms. The Morgan fingerprint density at radius 1 is 1.00 bits per heavy atom. The topological polar surface area (TPSA) is 112 Å². The first-order valence-electron chi connectivity index (χ1n) is 13.9. The van der Waals surface area contributed by atoms with E-state index in [0.29, 0.717) is 56.9 Å². The van der Waals surface area contributed by atoms with E-state index in [9.17, 15) is 19.2 Å². The fourth-order valence-corrected chi connectivity index (χ4v) is 5.23. The maximum absolute atomic E-state index is 12.9. The van der Waals surface area contributed by atoms with Gasteiger partial charge in [-0.2, -0.15) is 0 Å². The summed E-state index contributed by atoms with van der Waals surface area (Å²) in [5.41, 5.74) is 2.05. The van der Waals surface area contributed by atoms with Crippen molar-refractivity contribution in [1.29, 1.82) is 0 Å². The standard InChI is InChI=1S/C31H34N4O6/c1-2-17-40-23-10-11-27-24(18-23)26(36)19-28(41-27)31(39)32-20-30(38)34-15-13-33(14-16-34)25-8-4-3-7-22(25)21-35-12-6-5-9-29(35)37/h2-4,7-8,10-11,18-19H,1,5-6,9,12-17,20-21H2,(H,32,39). The normalized spacial score (nSPS) is 15.6. The molecule has 2 aliphatic heterocycles. The Morgan fingerprint density at radius 3 is 2.59 bits per heavy atom. The molecule has 0 saturated carbocycles. The summed E-state index contributed by atoms with van der Waals surface area (Å²) in [4.78, 5) is 56.4. The summed E-state index contributed by atoms with van der Waals surface area (Å²) < 4.78 is 11.1. The summed E-state index contributed by atoms with van der Waals surface area (Å²) in [6.07, 6.45) is 4.20. The van der Waals surface area contributed by atoms with Crippen LogP contribution >= 0.6 is 0 Å². The fourth-order valence-electron chi connectivity index (χ4n) is 5.23. The van der Waals surface area contributed by atoms with Crippen molar-refractivity contribution in [1.82, 2.24) is 15.1 Å². The molecule has 0 radical (unpaired) electrons. The number of benzene rings is 2. The van der Waals surface area contributed by atoms with Crippen LogP contribution in [-0.2, 0) is 16.1 Å². The Bertz CT molecular complexity index is 1510. The number of nitrogens with one attached hydrogen (secondary N) is 1. The maximum Gasteiger partial charge on any atom is 0.287 e. The molecule has 214 valence electrons. The SMILES string of the molecule is C=CCOc1ccc2oc(C(=O)NCC(=O)N3CCN(c4ccccc4CN4CCCCC4=O)CC3)cc(=O)c2c1. The third kappa shape index (κ3) is 6.59. The molecule has 0 aliphatic carbocycles. The lowest BCUT2D eigenvalue weighted by Crippen LogP contribution is -2.51. The molecular formula is C31H34N4O6. The molecule has 2 aliphatic rings. The van der Waals surface area contributed by atoms with Crippen molar-refractivity contribution in [3.05, 3.63) is 82.7 Å². The van der Waals surface area contributed by atoms with Gasteiger partial charge in [-0.15, -0.1) is 0 Å². The summed E-state index contributed by atoms with van der Waals surface area (Å²) >= 11 is 0. The number of fused-ring (bicyclic) bond motifs is 1. The number of piperidine rings is 1. The highest BCUT2D eigenvalue weighted by Gasteiger charge is 2.25. The van der Waals surface area contributed by atoms with Crippen LogP contribution in [0.25, 0.3) is 11.0 Å². The van der Waals surface area contributed by atoms with E-state index in [0.717, 1.165) is 36.7 Å². The minimum Gasteiger partial charge on any atom is -0.490 e. The van der Waals surface area contributed by atoms with Crippen molar-refractivity contribution in [2.75, 3.05) is 50.8 Å². The van der Waals surface area contributed by atoms with Crippen LogP contribution in [0.5, 0.6) is 5.75 Å². The molecule has 1 N–H and O–H groups in total. The molecule has 5 rings (SSSR count). The molecular weight excluding hydrogens is 524 g/mol. The molecule has 3 aromatic rings. The number of hydrogen-bond donors (Lipinski definition) is 1. The first-order chi connectivity index (χ1) is 19.9. The molecule has 41 heavy (non-hydrogen) atoms. The summed E-state index contributed by atoms with van der Waals surface area (Å²) in [7, 11) is 0. The summed E-state index contributed by atoms with van der Waals surface area (Å²) in [6, 6.07) is 14.0. The third-order valence-corrected chi connectivity index (χ3v) is 7.44. The Hall–Kier alpha value is -4.60. The van der Waals surface area contributed by atoms with Crippen LogP contribution in [-0.4, -0.2) is 73.4 Å². The van der Waals surface area contributed by atoms with Gasteiger partial charge in [0.25, 0.3) is 5.91 Å². The van der Waals surface area contributed by atoms with E-state index >= 15 is 0 Å². The zero-order valence-corrected chi connectivity index (χ0v) is 23.0. The van der Waals surface area contributed by atoms with Crippen molar-refractivity contribution in [3.8, 4) is 5.75 Å². The van der Waals surface area contributed by atoms with E-state index in [2.05, 4.69) is 28.9 Å². The molecule has 0 atom stereocenters. The molecule has 0 unspecified atom stereocenters. The van der Waals surface area contributed by atoms with Gasteiger partial charge in [0.15, 0.2) is 11.2 Å². The van der Waals surface area contributed by atoms with Crippen LogP contribution in [0, 0.1) is 0 Å². The maximum atomic E-state index is 12.9. The smallest absolute Gasteiger partial charge is 0.287 e. The Kier molecular flexibility index (Phi) is 8.67. The number of piperazine rings is 1. The van der Waals surface area contributed by atoms with Crippen LogP contribution in [0.3, 0.4) is 0 Å². The largest absolute Gasteiger partial charge is 0.490 e. The first-order valence-corrected chi connectivity index (χ1v) is 13.9. The van der Waals surface area contributed by atoms with Crippen LogP contribution in [0.15, 0.2) is 70.4 Å². The van der Waals surface area contributed by atoms with E-state index in [4.69, 9.17) is 9.15 Å². The highest BCUT2D eigenvalue weighted by molar-refractivity contribution is 5.95. The van der Waals surface area contributed by atoms with Crippen LogP contribution in [0.1, 0.15) is 35.4 Å². The third-order valence-electron chi connectivity index (χ3n) is 7.44. The van der Waals surface area contributed by atoms with Gasteiger partial charge in [0, 0.05) is 57.4 Å². The van der Waals surface area contributed by atoms with E-state index in [1.165, 1.54) is 0 Å². The Morgan fingerprint density at radius 2 is 1.80 bits per heavy atom. The molecule has 2 saturated heterocycles. The molecule has 3 amide bonds. The van der Waals surface area contributed by atoms with Gasteiger partial charge in [-0.3, -0.25) is 19.2 Å². The second-order valence-electron chi connectivity index (χ2n) is 10.2. The van der Waals surface area contributed by atoms with Gasteiger partial charge >= 0.3 is 0 Å². The van der Waals surface area contributed by atoms with Crippen molar-refractivity contribution >= 4 is 34.4 Å². The Labute approximate surface area is 238 Å². The van der Waals surface area contributed by atoms with Crippen LogP contribution in [0.4, 0.5) is 5.69 Å². The quantitative estimate of drug-likeness (QED) is 0.402. The molecule has 10 heteroatoms. The molecule has 1 aromatic heterocycles. The van der Waals surface area contributed by atoms with Crippen molar-refractivity contribution in [2.24, 2.45) is 0 Å². The van der Waals surface area contributed by atoms with Gasteiger partial charge in [-0.05, 0) is 42.7 Å². The van der Waals surface area contributed by atoms with Crippen LogP contribution < -0.4 is 20.4 Å². The molecule has 2 aromatic carbocycles. The van der Waals surface area contributed by atoms with Crippen molar-refractivity contribution in [3.63, 3.8) is 0 Å². The summed E-state index contributed by atoms with van der Waals surface area (Å²) in [5, 5.41) is 2.87. The monoisotopic (exact) mass is 558 g/mol. The first kappa shape index (κ1) is 27.9. The highest BCUT2D eigenvalue weighted by atomic mass is 16.5. The molecule has 2 fully saturated rings. The summed E-state index contributed by atoms with van der Waals surface area (Å²) in [6.45, 7) is 7.37. The molecule has 0 bridgehead atoms. The van der Waals surface area contributed by atoms with Gasteiger partial charge in [0.2, 0.25) is 11.8 Å². The van der Waals surface area contributed by atoms with Gasteiger partial charge in [0.1, 0.15) is 17.9 Å². The number of anilines is 1. The van der Waals surface area contributed by atoms with Crippen molar-refractivity contribution in [2.45, 2.75) is 25.8 Å². The predicted molar refractivity (Wildman–Crippen MR) is 155 cm³/mol. The second-order valence-corrected chi connectivity index (χ2v) is 10.2. The highest BCUT2D eigenvalue weighted by Crippen LogP contribution is 2.25. The van der Waals surface area contributed by atoms with Crippen molar-refractivity contribution < 1.29 is 23.5 Å². The zero-order valence-electron chi connectivity index (χ0n) is 23.0. The number of para-hydroxylation sites is 1. The van der Waals surface area contributed by atoms with Crippen LogP contribution in [0.2, 0.25) is 0 Å². The van der Waals surface area contributed by atoms with Gasteiger partial charge in [-0.1, -0.05) is 30.9 Å². The summed E-state index contributed by atoms with van der Waals surface area (Å²) in [5.74, 6) is -0.312. The van der Waals surface area contributed by atoms with E-state index in [1.807, 2.05) is 17.0 Å². The Balaban J connectivity index is 1.15. The minimum atomic E-state index is -0.635. The molecule has 3 heterocycles. The van der Waals surface area contributed by atoms with E-state index < -0.39 is 5.91 Å². The number of amides is 3. The average molecular weight is 559 g/mol. The second kappa shape index (κ2) is 12.7. The number of carbonyl (C=O) groups is 3. The fraction of sp³-hybridized carbons (Fsp3) is 0.355. The average Bonchev–Trinajstić information content (AvgIpc) is 3.00. The van der Waals surface area contributed by atoms with E-state index in [1.54, 1.807) is 29.2 Å². The lowest BCUT2D eigenvalue weighted by atomic mass is 10.1.